The Morgan fingerprint density at radius 3 is 2.39 bits per heavy atom. The first kappa shape index (κ1) is 27.3. The Morgan fingerprint density at radius 2 is 1.80 bits per heavy atom. The van der Waals surface area contributed by atoms with E-state index in [1.54, 1.807) is 25.1 Å². The van der Waals surface area contributed by atoms with E-state index in [4.69, 9.17) is 9.15 Å². The first-order valence-corrected chi connectivity index (χ1v) is 13.7. The molecule has 4 aromatic rings. The molecule has 2 N–H and O–H groups in total. The number of ketones is 1. The Bertz CT molecular complexity index is 1690. The number of benzene rings is 3. The van der Waals surface area contributed by atoms with Crippen LogP contribution in [0.3, 0.4) is 0 Å². The topological polar surface area (TPSA) is 88.8 Å². The number of carbonyl (C=O) groups excluding carboxylic acids is 2. The number of amides is 1. The number of carbonyl (C=O) groups is 2. The Morgan fingerprint density at radius 1 is 1.10 bits per heavy atom. The molecule has 41 heavy (non-hydrogen) atoms. The number of aryl methyl sites for hydroxylation is 1. The average Bonchev–Trinajstić information content (AvgIpc) is 3.30. The van der Waals surface area contributed by atoms with Crippen molar-refractivity contribution in [3.63, 3.8) is 0 Å². The molecule has 2 bridgehead atoms. The van der Waals surface area contributed by atoms with Gasteiger partial charge in [-0.3, -0.25) is 9.59 Å². The maximum absolute atomic E-state index is 16.8. The smallest absolute Gasteiger partial charge is 0.255 e. The number of furan rings is 1. The zero-order valence-electron chi connectivity index (χ0n) is 23.2. The molecule has 8 heteroatoms. The lowest BCUT2D eigenvalue weighted by molar-refractivity contribution is -0.103. The summed E-state index contributed by atoms with van der Waals surface area (Å²) in [5.74, 6) is -0.923. The number of aliphatic hydroxyl groups is 1. The first-order valence-electron chi connectivity index (χ1n) is 13.7. The summed E-state index contributed by atoms with van der Waals surface area (Å²) in [7, 11) is 2.93. The van der Waals surface area contributed by atoms with Crippen LogP contribution in [-0.2, 0) is 18.0 Å². The molecule has 1 amide bonds. The van der Waals surface area contributed by atoms with Crippen LogP contribution in [0.5, 0.6) is 0 Å². The lowest BCUT2D eigenvalue weighted by Crippen LogP contribution is -2.52. The molecule has 3 aliphatic carbocycles. The third-order valence-electron chi connectivity index (χ3n) is 8.75. The van der Waals surface area contributed by atoms with Gasteiger partial charge in [-0.1, -0.05) is 6.07 Å². The highest BCUT2D eigenvalue weighted by Crippen LogP contribution is 2.66. The molecule has 3 aliphatic rings. The number of rotatable bonds is 9. The summed E-state index contributed by atoms with van der Waals surface area (Å²) in [4.78, 5) is 26.6. The van der Waals surface area contributed by atoms with Crippen LogP contribution >= 0.6 is 0 Å². The van der Waals surface area contributed by atoms with Gasteiger partial charge in [0.15, 0.2) is 5.78 Å². The number of hydrogen-bond donors (Lipinski definition) is 2. The monoisotopic (exact) mass is 559 g/mol. The number of ether oxygens (including phenoxy) is 1. The standard InChI is InChI=1S/C33H31F2NO5/c1-17-8-20(15-37)24(25(38)14-33-11-18(12-33)13-33)10-23(17)27-21(16-40-3)9-26-28(30(27)35)29(32(39)36-2)31(41-26)19-4-6-22(34)7-5-19/h4-10,18,37H,11-16H2,1-3H3,(H,36,39). The quantitative estimate of drug-likeness (QED) is 0.222. The summed E-state index contributed by atoms with van der Waals surface area (Å²) in [5.41, 5.74) is 3.30. The van der Waals surface area contributed by atoms with Crippen LogP contribution in [0.2, 0.25) is 0 Å². The number of nitrogens with one attached hydrogen (secondary N) is 1. The van der Waals surface area contributed by atoms with E-state index in [0.717, 1.165) is 25.2 Å². The Balaban J connectivity index is 1.57. The van der Waals surface area contributed by atoms with Crippen LogP contribution in [0.4, 0.5) is 8.78 Å². The van der Waals surface area contributed by atoms with Gasteiger partial charge in [-0.25, -0.2) is 8.78 Å². The molecule has 3 fully saturated rings. The Hall–Kier alpha value is -3.88. The van der Waals surface area contributed by atoms with Crippen LogP contribution in [-0.4, -0.2) is 31.0 Å². The van der Waals surface area contributed by atoms with Crippen molar-refractivity contribution < 1.29 is 32.6 Å². The second kappa shape index (κ2) is 10.2. The molecule has 0 radical (unpaired) electrons. The molecule has 0 spiro atoms. The molecule has 0 aliphatic heterocycles. The molecule has 0 atom stereocenters. The summed E-state index contributed by atoms with van der Waals surface area (Å²) in [6, 6.07) is 10.4. The predicted octanol–water partition coefficient (Wildman–Crippen LogP) is 6.72. The molecular weight excluding hydrogens is 528 g/mol. The van der Waals surface area contributed by atoms with Gasteiger partial charge in [0, 0.05) is 37.3 Å². The summed E-state index contributed by atoms with van der Waals surface area (Å²) < 4.78 is 41.9. The molecule has 0 saturated heterocycles. The van der Waals surface area contributed by atoms with E-state index >= 15 is 4.39 Å². The molecule has 0 unspecified atom stereocenters. The molecular formula is C33H31F2NO5. The largest absolute Gasteiger partial charge is 0.455 e. The molecule has 3 saturated carbocycles. The van der Waals surface area contributed by atoms with Gasteiger partial charge in [0.05, 0.1) is 24.2 Å². The third kappa shape index (κ3) is 4.46. The van der Waals surface area contributed by atoms with E-state index in [1.165, 1.54) is 38.4 Å². The minimum Gasteiger partial charge on any atom is -0.455 e. The van der Waals surface area contributed by atoms with Gasteiger partial charge in [-0.15, -0.1) is 0 Å². The number of methoxy groups -OCH3 is 1. The van der Waals surface area contributed by atoms with Gasteiger partial charge in [-0.2, -0.15) is 0 Å². The Labute approximate surface area is 236 Å². The van der Waals surface area contributed by atoms with Gasteiger partial charge in [0.2, 0.25) is 0 Å². The van der Waals surface area contributed by atoms with Crippen LogP contribution in [0.25, 0.3) is 33.4 Å². The summed E-state index contributed by atoms with van der Waals surface area (Å²) >= 11 is 0. The van der Waals surface area contributed by atoms with E-state index in [1.807, 2.05) is 0 Å². The minimum absolute atomic E-state index is 0.0126. The number of fused-ring (bicyclic) bond motifs is 1. The number of aliphatic hydroxyl groups excluding tert-OH is 1. The zero-order chi connectivity index (χ0) is 29.1. The summed E-state index contributed by atoms with van der Waals surface area (Å²) in [5, 5.41) is 12.6. The first-order chi connectivity index (χ1) is 19.7. The molecule has 6 nitrogen and oxygen atoms in total. The lowest BCUT2D eigenvalue weighted by Gasteiger charge is -2.62. The highest BCUT2D eigenvalue weighted by molar-refractivity contribution is 6.12. The normalized spacial score (nSPS) is 19.1. The van der Waals surface area contributed by atoms with Gasteiger partial charge in [0.25, 0.3) is 5.91 Å². The van der Waals surface area contributed by atoms with Crippen molar-refractivity contribution in [1.82, 2.24) is 5.32 Å². The van der Waals surface area contributed by atoms with Crippen molar-refractivity contribution in [3.05, 3.63) is 81.9 Å². The fourth-order valence-corrected chi connectivity index (χ4v) is 6.71. The highest BCUT2D eigenvalue weighted by atomic mass is 19.1. The third-order valence-corrected chi connectivity index (χ3v) is 8.75. The molecule has 1 heterocycles. The number of hydrogen-bond acceptors (Lipinski definition) is 5. The average molecular weight is 560 g/mol. The van der Waals surface area contributed by atoms with E-state index in [9.17, 15) is 19.1 Å². The van der Waals surface area contributed by atoms with Crippen molar-refractivity contribution >= 4 is 22.7 Å². The highest BCUT2D eigenvalue weighted by Gasteiger charge is 2.57. The van der Waals surface area contributed by atoms with Gasteiger partial charge in [0.1, 0.15) is 23.0 Å². The molecule has 1 aromatic heterocycles. The second-order valence-electron chi connectivity index (χ2n) is 11.5. The van der Waals surface area contributed by atoms with Crippen molar-refractivity contribution in [1.29, 1.82) is 0 Å². The van der Waals surface area contributed by atoms with Crippen LogP contribution in [0.1, 0.15) is 63.1 Å². The summed E-state index contributed by atoms with van der Waals surface area (Å²) in [6.45, 7) is 1.52. The maximum atomic E-state index is 16.8. The van der Waals surface area contributed by atoms with E-state index < -0.39 is 17.5 Å². The summed E-state index contributed by atoms with van der Waals surface area (Å²) in [6.07, 6.45) is 3.60. The van der Waals surface area contributed by atoms with Gasteiger partial charge < -0.3 is 19.6 Å². The van der Waals surface area contributed by atoms with E-state index in [2.05, 4.69) is 5.32 Å². The zero-order valence-corrected chi connectivity index (χ0v) is 23.2. The van der Waals surface area contributed by atoms with Crippen molar-refractivity contribution in [2.75, 3.05) is 14.2 Å². The van der Waals surface area contributed by atoms with E-state index in [-0.39, 0.29) is 52.3 Å². The van der Waals surface area contributed by atoms with Crippen molar-refractivity contribution in [2.45, 2.75) is 45.8 Å². The van der Waals surface area contributed by atoms with Crippen LogP contribution < -0.4 is 5.32 Å². The van der Waals surface area contributed by atoms with Crippen molar-refractivity contribution in [3.8, 4) is 22.5 Å². The number of halogens is 2. The van der Waals surface area contributed by atoms with Gasteiger partial charge >= 0.3 is 0 Å². The minimum atomic E-state index is -0.692. The molecule has 3 aromatic carbocycles. The lowest BCUT2D eigenvalue weighted by atomic mass is 9.43. The van der Waals surface area contributed by atoms with E-state index in [0.29, 0.717) is 39.8 Å². The molecule has 212 valence electrons. The van der Waals surface area contributed by atoms with Crippen molar-refractivity contribution in [2.24, 2.45) is 11.3 Å². The second-order valence-corrected chi connectivity index (χ2v) is 11.5. The molecule has 7 rings (SSSR count). The number of Topliss-reactive ketones (excluding diaryl/α,β-unsaturated/α-hetero) is 1. The van der Waals surface area contributed by atoms with Crippen LogP contribution in [0.15, 0.2) is 46.9 Å². The fourth-order valence-electron chi connectivity index (χ4n) is 6.71. The maximum Gasteiger partial charge on any atom is 0.255 e. The SMILES string of the molecule is CNC(=O)c1c(-c2ccc(F)cc2)oc2cc(COC)c(-c3cc(C(=O)CC45CC(C4)C5)c(CO)cc3C)c(F)c12. The predicted molar refractivity (Wildman–Crippen MR) is 150 cm³/mol. The fraction of sp³-hybridized carbons (Fsp3) is 0.333. The van der Waals surface area contributed by atoms with Gasteiger partial charge in [-0.05, 0) is 96.2 Å². The Kier molecular flexibility index (Phi) is 6.78. The van der Waals surface area contributed by atoms with Crippen LogP contribution in [0, 0.1) is 29.9 Å².